The normalized spacial score (nSPS) is 1.14. The van der Waals surface area contributed by atoms with Crippen molar-refractivity contribution in [2.24, 2.45) is 0 Å². The second kappa shape index (κ2) is 11300. The first kappa shape index (κ1) is 67.0. The predicted molar refractivity (Wildman–Crippen MR) is 26.3 cm³/mol. The summed E-state index contributed by atoms with van der Waals surface area (Å²) in [7, 11) is 0. The molecule has 46 valence electrons. The smallest absolute Gasteiger partial charge is 0 e. The van der Waals surface area contributed by atoms with E-state index in [4.69, 9.17) is 21.0 Å². The fourth-order valence-electron chi connectivity index (χ4n) is 0. The Morgan fingerprint density at radius 3 is 0.714 bits per heavy atom. The SMILES string of the molecule is [CH3-].[CH3-].[N-]=O.[N-]=O.[W]. The van der Waals surface area contributed by atoms with Crippen molar-refractivity contribution < 1.29 is 21.1 Å². The Morgan fingerprint density at radius 2 is 0.714 bits per heavy atom. The van der Waals surface area contributed by atoms with Gasteiger partial charge in [-0.15, -0.1) is 0 Å². The second-order valence-corrected chi connectivity index (χ2v) is 0. The van der Waals surface area contributed by atoms with Gasteiger partial charge in [-0.3, -0.25) is 0 Å². The largest absolute Gasteiger partial charge is 0.577 e. The molecule has 0 aliphatic carbocycles. The molecule has 7 heavy (non-hydrogen) atoms. The first-order valence-electron chi connectivity index (χ1n) is 0.365. The fourth-order valence-corrected chi connectivity index (χ4v) is 0. The minimum atomic E-state index is 0. The van der Waals surface area contributed by atoms with E-state index in [0.29, 0.717) is 0 Å². The standard InChI is InChI=1S/2CH3.2NO.W/c;;2*1-2;/h2*1H3;;;/q4*-1;. The summed E-state index contributed by atoms with van der Waals surface area (Å²) in [5, 5.41) is 0. The summed E-state index contributed by atoms with van der Waals surface area (Å²) in [4.78, 5) is 14.5. The van der Waals surface area contributed by atoms with Crippen molar-refractivity contribution in [1.29, 1.82) is 0 Å². The summed E-state index contributed by atoms with van der Waals surface area (Å²) in [5.74, 6) is 0. The number of hydrogen-bond acceptors (Lipinski definition) is 2. The average Bonchev–Trinajstić information content (AvgIpc) is 1.50. The van der Waals surface area contributed by atoms with Crippen molar-refractivity contribution in [2.75, 3.05) is 0 Å². The number of rotatable bonds is 0. The van der Waals surface area contributed by atoms with Gasteiger partial charge < -0.3 is 35.9 Å². The van der Waals surface area contributed by atoms with Gasteiger partial charge in [-0.1, -0.05) is 0 Å². The maximum atomic E-state index is 7.25. The molecule has 0 rings (SSSR count). The van der Waals surface area contributed by atoms with E-state index in [1.54, 1.807) is 0 Å². The van der Waals surface area contributed by atoms with E-state index >= 15 is 0 Å². The molecular formula is C2H6N2O2W-4. The molecule has 0 aromatic rings. The molecule has 0 saturated heterocycles. The van der Waals surface area contributed by atoms with Crippen molar-refractivity contribution in [3.05, 3.63) is 35.9 Å². The Morgan fingerprint density at radius 1 is 0.714 bits per heavy atom. The van der Waals surface area contributed by atoms with Crippen LogP contribution in [0.2, 0.25) is 0 Å². The molecule has 0 aliphatic rings. The minimum Gasteiger partial charge on any atom is -0.577 e. The van der Waals surface area contributed by atoms with E-state index < -0.39 is 0 Å². The van der Waals surface area contributed by atoms with Gasteiger partial charge in [0, 0.05) is 21.1 Å². The zero-order valence-corrected chi connectivity index (χ0v) is 7.05. The van der Waals surface area contributed by atoms with E-state index in [9.17, 15) is 0 Å². The molecule has 0 bridgehead atoms. The number of nitrogens with zero attached hydrogens (tertiary/aromatic N) is 2. The van der Waals surface area contributed by atoms with Crippen LogP contribution in [0.1, 0.15) is 0 Å². The van der Waals surface area contributed by atoms with Crippen molar-refractivity contribution in [2.45, 2.75) is 0 Å². The van der Waals surface area contributed by atoms with Crippen molar-refractivity contribution in [1.82, 2.24) is 0 Å². The Balaban J connectivity index is -0.00000000267. The maximum absolute atomic E-state index is 7.25. The van der Waals surface area contributed by atoms with Crippen LogP contribution >= 0.6 is 0 Å². The molecule has 0 atom stereocenters. The molecule has 0 fully saturated rings. The van der Waals surface area contributed by atoms with Gasteiger partial charge in [-0.2, -0.15) is 0 Å². The molecule has 0 N–H and O–H groups in total. The van der Waals surface area contributed by atoms with Crippen LogP contribution in [-0.4, -0.2) is 0 Å². The van der Waals surface area contributed by atoms with E-state index in [0.717, 1.165) is 0 Å². The van der Waals surface area contributed by atoms with E-state index in [-0.39, 0.29) is 35.9 Å². The fraction of sp³-hybridized carbons (Fsp3) is 0. The molecule has 0 aromatic carbocycles. The van der Waals surface area contributed by atoms with Crippen LogP contribution in [-0.2, 0) is 21.1 Å². The number of hydrogen-bond donors (Lipinski definition) is 0. The third-order valence-corrected chi connectivity index (χ3v) is 0. The molecule has 0 heterocycles. The van der Waals surface area contributed by atoms with E-state index in [1.165, 1.54) is 0 Å². The topological polar surface area (TPSA) is 78.7 Å². The Kier molecular flexibility index (Phi) is 108000. The van der Waals surface area contributed by atoms with Gasteiger partial charge in [0.15, 0.2) is 0 Å². The van der Waals surface area contributed by atoms with Crippen LogP contribution in [0.25, 0.3) is 11.2 Å². The predicted octanol–water partition coefficient (Wildman–Crippen LogP) is 1.54. The molecule has 0 saturated carbocycles. The molecule has 0 spiro atoms. The van der Waals surface area contributed by atoms with Crippen molar-refractivity contribution in [3.63, 3.8) is 0 Å². The molecule has 0 radical (unpaired) electrons. The summed E-state index contributed by atoms with van der Waals surface area (Å²) >= 11 is 0. The Hall–Kier alpha value is -0.112. The summed E-state index contributed by atoms with van der Waals surface area (Å²) in [6.45, 7) is 0. The zero-order valence-electron chi connectivity index (χ0n) is 4.12. The maximum Gasteiger partial charge on any atom is 0 e. The van der Waals surface area contributed by atoms with Crippen molar-refractivity contribution in [3.8, 4) is 0 Å². The van der Waals surface area contributed by atoms with E-state index in [1.807, 2.05) is 0 Å². The quantitative estimate of drug-likeness (QED) is 0.628. The van der Waals surface area contributed by atoms with Gasteiger partial charge in [-0.25, -0.2) is 0 Å². The van der Waals surface area contributed by atoms with Gasteiger partial charge in [-0.05, 0) is 0 Å². The molecular weight excluding hydrogens is 268 g/mol. The molecule has 0 unspecified atom stereocenters. The Labute approximate surface area is 57.5 Å². The third kappa shape index (κ3) is 7140. The van der Waals surface area contributed by atoms with Crippen LogP contribution in [0.5, 0.6) is 0 Å². The van der Waals surface area contributed by atoms with Gasteiger partial charge in [0.1, 0.15) is 0 Å². The summed E-state index contributed by atoms with van der Waals surface area (Å²) in [6, 6.07) is 0. The molecule has 4 nitrogen and oxygen atoms in total. The first-order chi connectivity index (χ1) is 2.00. The second-order valence-electron chi connectivity index (χ2n) is 0. The molecule has 0 amide bonds. The minimum absolute atomic E-state index is 0. The zero-order chi connectivity index (χ0) is 4.00. The van der Waals surface area contributed by atoms with E-state index in [2.05, 4.69) is 0 Å². The summed E-state index contributed by atoms with van der Waals surface area (Å²) in [5.41, 5.74) is 11.5. The summed E-state index contributed by atoms with van der Waals surface area (Å²) in [6.07, 6.45) is 0. The average molecular weight is 274 g/mol. The van der Waals surface area contributed by atoms with Gasteiger partial charge >= 0.3 is 0 Å². The third-order valence-electron chi connectivity index (χ3n) is 0. The van der Waals surface area contributed by atoms with Crippen LogP contribution < -0.4 is 0 Å². The molecule has 5 heteroatoms. The molecule has 0 aliphatic heterocycles. The van der Waals surface area contributed by atoms with Crippen LogP contribution in [0.15, 0.2) is 0 Å². The van der Waals surface area contributed by atoms with Crippen LogP contribution in [0.4, 0.5) is 0 Å². The van der Waals surface area contributed by atoms with Crippen molar-refractivity contribution >= 4 is 0 Å². The first-order valence-corrected chi connectivity index (χ1v) is 0.365. The number of nitroso groups, excluding NO2 is 2. The van der Waals surface area contributed by atoms with Gasteiger partial charge in [0.2, 0.25) is 0 Å². The Bertz CT molecular complexity index is 15.7. The summed E-state index contributed by atoms with van der Waals surface area (Å²) < 4.78 is 0. The van der Waals surface area contributed by atoms with Gasteiger partial charge in [0.25, 0.3) is 0 Å². The van der Waals surface area contributed by atoms with Crippen LogP contribution in [0.3, 0.4) is 0 Å². The molecule has 0 aromatic heterocycles. The van der Waals surface area contributed by atoms with Gasteiger partial charge in [0.05, 0.1) is 0 Å². The monoisotopic (exact) mass is 274 g/mol. The van der Waals surface area contributed by atoms with Crippen LogP contribution in [0, 0.1) is 24.7 Å².